The number of rotatable bonds is 8. The molecule has 3 rings (SSSR count). The number of aryl methyl sites for hydroxylation is 1. The lowest BCUT2D eigenvalue weighted by atomic mass is 10.1. The van der Waals surface area contributed by atoms with E-state index in [2.05, 4.69) is 5.32 Å². The van der Waals surface area contributed by atoms with Crippen molar-refractivity contribution in [2.24, 2.45) is 0 Å². The van der Waals surface area contributed by atoms with Crippen molar-refractivity contribution >= 4 is 27.3 Å². The molecule has 35 heavy (non-hydrogen) atoms. The number of ether oxygens (including phenoxy) is 2. The van der Waals surface area contributed by atoms with Crippen LogP contribution in [0.5, 0.6) is 11.5 Å². The van der Waals surface area contributed by atoms with Crippen LogP contribution in [0.25, 0.3) is 0 Å². The molecule has 0 atom stereocenters. The molecule has 0 radical (unpaired) electrons. The molecule has 0 aliphatic heterocycles. The Hall–Kier alpha value is -3.73. The molecule has 0 bridgehead atoms. The molecule has 0 spiro atoms. The molecule has 0 unspecified atom stereocenters. The van der Waals surface area contributed by atoms with Crippen LogP contribution in [0, 0.1) is 6.92 Å². The molecule has 3 aromatic carbocycles. The third-order valence-corrected chi connectivity index (χ3v) is 6.83. The fourth-order valence-electron chi connectivity index (χ4n) is 3.29. The topological polar surface area (TPSA) is 84.9 Å². The van der Waals surface area contributed by atoms with Crippen LogP contribution in [0.2, 0.25) is 0 Å². The monoisotopic (exact) mass is 508 g/mol. The fourth-order valence-corrected chi connectivity index (χ4v) is 4.72. The standard InChI is InChI=1S/C24H23F3N2O5S/c1-16-8-11-18(12-9-16)35(31,32)29(21-13-10-17(33-2)14-22(21)34-3)15-23(30)28-20-7-5-4-6-19(20)24(25,26)27/h4-14H,15H2,1-3H3,(H,28,30). The van der Waals surface area contributed by atoms with E-state index < -0.39 is 39.9 Å². The predicted molar refractivity (Wildman–Crippen MR) is 125 cm³/mol. The number of amides is 1. The zero-order valence-corrected chi connectivity index (χ0v) is 19.9. The van der Waals surface area contributed by atoms with Crippen LogP contribution < -0.4 is 19.1 Å². The molecule has 0 fully saturated rings. The Labute approximate surface area is 201 Å². The average Bonchev–Trinajstić information content (AvgIpc) is 2.82. The number of halogens is 3. The largest absolute Gasteiger partial charge is 0.497 e. The maximum atomic E-state index is 13.6. The van der Waals surface area contributed by atoms with E-state index in [4.69, 9.17) is 9.47 Å². The van der Waals surface area contributed by atoms with Crippen molar-refractivity contribution in [1.29, 1.82) is 0 Å². The molecular weight excluding hydrogens is 485 g/mol. The number of alkyl halides is 3. The SMILES string of the molecule is COc1ccc(N(CC(=O)Nc2ccccc2C(F)(F)F)S(=O)(=O)c2ccc(C)cc2)c(OC)c1. The molecule has 0 aliphatic rings. The van der Waals surface area contributed by atoms with Crippen molar-refractivity contribution in [1.82, 2.24) is 0 Å². The molecule has 0 heterocycles. The molecule has 0 aliphatic carbocycles. The van der Waals surface area contributed by atoms with E-state index in [-0.39, 0.29) is 16.3 Å². The molecular formula is C24H23F3N2O5S. The lowest BCUT2D eigenvalue weighted by Crippen LogP contribution is -2.38. The van der Waals surface area contributed by atoms with Crippen molar-refractivity contribution in [2.75, 3.05) is 30.4 Å². The zero-order valence-electron chi connectivity index (χ0n) is 19.1. The molecule has 0 saturated heterocycles. The second-order valence-corrected chi connectivity index (χ2v) is 9.32. The van der Waals surface area contributed by atoms with Crippen molar-refractivity contribution in [3.05, 3.63) is 77.9 Å². The van der Waals surface area contributed by atoms with Crippen LogP contribution in [0.15, 0.2) is 71.6 Å². The second kappa shape index (κ2) is 10.3. The zero-order chi connectivity index (χ0) is 25.8. The summed E-state index contributed by atoms with van der Waals surface area (Å²) in [5.74, 6) is -0.513. The summed E-state index contributed by atoms with van der Waals surface area (Å²) in [6, 6.07) is 14.7. The quantitative estimate of drug-likeness (QED) is 0.470. The Kier molecular flexibility index (Phi) is 7.59. The highest BCUT2D eigenvalue weighted by molar-refractivity contribution is 7.92. The van der Waals surface area contributed by atoms with Gasteiger partial charge in [-0.3, -0.25) is 9.10 Å². The van der Waals surface area contributed by atoms with Crippen LogP contribution in [0.4, 0.5) is 24.5 Å². The summed E-state index contributed by atoms with van der Waals surface area (Å²) in [4.78, 5) is 12.8. The van der Waals surface area contributed by atoms with Gasteiger partial charge in [-0.05, 0) is 43.3 Å². The fraction of sp³-hybridized carbons (Fsp3) is 0.208. The van der Waals surface area contributed by atoms with Crippen molar-refractivity contribution < 1.29 is 35.9 Å². The molecule has 1 N–H and O–H groups in total. The minimum atomic E-state index is -4.71. The maximum Gasteiger partial charge on any atom is 0.418 e. The number of carbonyl (C=O) groups excluding carboxylic acids is 1. The smallest absolute Gasteiger partial charge is 0.418 e. The van der Waals surface area contributed by atoms with Gasteiger partial charge in [0.15, 0.2) is 0 Å². The Bertz CT molecular complexity index is 1310. The van der Waals surface area contributed by atoms with Crippen LogP contribution >= 0.6 is 0 Å². The third-order valence-electron chi connectivity index (χ3n) is 5.06. The number of nitrogens with zero attached hydrogens (tertiary/aromatic N) is 1. The van der Waals surface area contributed by atoms with Gasteiger partial charge in [-0.1, -0.05) is 29.8 Å². The van der Waals surface area contributed by atoms with E-state index in [1.807, 2.05) is 0 Å². The second-order valence-electron chi connectivity index (χ2n) is 7.45. The first kappa shape index (κ1) is 25.9. The van der Waals surface area contributed by atoms with E-state index in [1.54, 1.807) is 19.1 Å². The molecule has 7 nitrogen and oxygen atoms in total. The van der Waals surface area contributed by atoms with Gasteiger partial charge >= 0.3 is 6.18 Å². The average molecular weight is 509 g/mol. The number of hydrogen-bond donors (Lipinski definition) is 1. The van der Waals surface area contributed by atoms with Crippen molar-refractivity contribution in [3.8, 4) is 11.5 Å². The highest BCUT2D eigenvalue weighted by Gasteiger charge is 2.34. The van der Waals surface area contributed by atoms with E-state index >= 15 is 0 Å². The first-order valence-corrected chi connectivity index (χ1v) is 11.7. The molecule has 0 saturated carbocycles. The number of benzene rings is 3. The first-order chi connectivity index (χ1) is 16.5. The molecule has 1 amide bonds. The molecule has 186 valence electrons. The number of para-hydroxylation sites is 1. The lowest BCUT2D eigenvalue weighted by molar-refractivity contribution is -0.137. The predicted octanol–water partition coefficient (Wildman–Crippen LogP) is 4.87. The number of anilines is 2. The summed E-state index contributed by atoms with van der Waals surface area (Å²) in [6.07, 6.45) is -4.71. The summed E-state index contributed by atoms with van der Waals surface area (Å²) in [7, 11) is -1.59. The van der Waals surface area contributed by atoms with E-state index in [0.29, 0.717) is 5.75 Å². The van der Waals surface area contributed by atoms with Gasteiger partial charge in [0.1, 0.15) is 18.0 Å². The minimum Gasteiger partial charge on any atom is -0.497 e. The molecule has 3 aromatic rings. The van der Waals surface area contributed by atoms with Gasteiger partial charge in [-0.25, -0.2) is 8.42 Å². The van der Waals surface area contributed by atoms with E-state index in [1.165, 1.54) is 56.7 Å². The maximum absolute atomic E-state index is 13.6. The Morgan fingerprint density at radius 1 is 0.971 bits per heavy atom. The Morgan fingerprint density at radius 2 is 1.63 bits per heavy atom. The van der Waals surface area contributed by atoms with Gasteiger partial charge in [0.25, 0.3) is 10.0 Å². The summed E-state index contributed by atoms with van der Waals surface area (Å²) < 4.78 is 78.4. The number of carbonyl (C=O) groups is 1. The Balaban J connectivity index is 2.05. The minimum absolute atomic E-state index is 0.00753. The van der Waals surface area contributed by atoms with Gasteiger partial charge < -0.3 is 14.8 Å². The first-order valence-electron chi connectivity index (χ1n) is 10.2. The highest BCUT2D eigenvalue weighted by Crippen LogP contribution is 2.37. The van der Waals surface area contributed by atoms with Gasteiger partial charge in [-0.15, -0.1) is 0 Å². The Morgan fingerprint density at radius 3 is 2.23 bits per heavy atom. The molecule has 11 heteroatoms. The van der Waals surface area contributed by atoms with E-state index in [9.17, 15) is 26.4 Å². The summed E-state index contributed by atoms with van der Waals surface area (Å²) >= 11 is 0. The van der Waals surface area contributed by atoms with Crippen LogP contribution in [-0.2, 0) is 21.0 Å². The number of hydrogen-bond acceptors (Lipinski definition) is 5. The summed E-state index contributed by atoms with van der Waals surface area (Å²) in [5, 5.41) is 2.18. The van der Waals surface area contributed by atoms with Crippen molar-refractivity contribution in [2.45, 2.75) is 18.0 Å². The number of sulfonamides is 1. The van der Waals surface area contributed by atoms with Crippen LogP contribution in [0.1, 0.15) is 11.1 Å². The van der Waals surface area contributed by atoms with Crippen LogP contribution in [-0.4, -0.2) is 35.1 Å². The summed E-state index contributed by atoms with van der Waals surface area (Å²) in [5.41, 5.74) is -0.713. The highest BCUT2D eigenvalue weighted by atomic mass is 32.2. The number of nitrogens with one attached hydrogen (secondary N) is 1. The normalized spacial score (nSPS) is 11.6. The van der Waals surface area contributed by atoms with Gasteiger partial charge in [0.2, 0.25) is 5.91 Å². The number of methoxy groups -OCH3 is 2. The van der Waals surface area contributed by atoms with Gasteiger partial charge in [-0.2, -0.15) is 13.2 Å². The summed E-state index contributed by atoms with van der Waals surface area (Å²) in [6.45, 7) is 0.970. The van der Waals surface area contributed by atoms with Crippen molar-refractivity contribution in [3.63, 3.8) is 0 Å². The molecule has 0 aromatic heterocycles. The van der Waals surface area contributed by atoms with Gasteiger partial charge in [0.05, 0.1) is 36.1 Å². The third kappa shape index (κ3) is 5.86. The van der Waals surface area contributed by atoms with E-state index in [0.717, 1.165) is 22.0 Å². The lowest BCUT2D eigenvalue weighted by Gasteiger charge is -2.26. The van der Waals surface area contributed by atoms with Crippen LogP contribution in [0.3, 0.4) is 0 Å². The van der Waals surface area contributed by atoms with Gasteiger partial charge in [0, 0.05) is 6.07 Å².